The molecule has 176 valence electrons. The molecule has 0 saturated heterocycles. The summed E-state index contributed by atoms with van der Waals surface area (Å²) < 4.78 is 11.0. The Hall–Kier alpha value is -3.32. The molecule has 7 nitrogen and oxygen atoms in total. The van der Waals surface area contributed by atoms with Crippen molar-refractivity contribution in [3.63, 3.8) is 0 Å². The van der Waals surface area contributed by atoms with Gasteiger partial charge in [0.25, 0.3) is 5.91 Å². The summed E-state index contributed by atoms with van der Waals surface area (Å²) in [5, 5.41) is 0. The summed E-state index contributed by atoms with van der Waals surface area (Å²) in [6.07, 6.45) is 1.81. The molecular weight excluding hydrogens is 418 g/mol. The van der Waals surface area contributed by atoms with Crippen molar-refractivity contribution in [1.82, 2.24) is 14.7 Å². The van der Waals surface area contributed by atoms with Gasteiger partial charge in [0, 0.05) is 32.6 Å². The van der Waals surface area contributed by atoms with Gasteiger partial charge in [-0.3, -0.25) is 9.59 Å². The van der Waals surface area contributed by atoms with E-state index in [4.69, 9.17) is 8.83 Å². The summed E-state index contributed by atoms with van der Waals surface area (Å²) in [6, 6.07) is 15.3. The van der Waals surface area contributed by atoms with Gasteiger partial charge in [0.2, 0.25) is 5.91 Å². The molecule has 0 radical (unpaired) electrons. The summed E-state index contributed by atoms with van der Waals surface area (Å²) in [5.41, 5.74) is 1.60. The van der Waals surface area contributed by atoms with Gasteiger partial charge in [-0.1, -0.05) is 30.3 Å². The molecule has 3 rings (SSSR count). The third-order valence-corrected chi connectivity index (χ3v) is 5.47. The van der Waals surface area contributed by atoms with Crippen LogP contribution in [0.4, 0.5) is 0 Å². The lowest BCUT2D eigenvalue weighted by molar-refractivity contribution is -0.132. The van der Waals surface area contributed by atoms with E-state index in [1.165, 1.54) is 0 Å². The average molecular weight is 452 g/mol. The topological polar surface area (TPSA) is 70.1 Å². The van der Waals surface area contributed by atoms with Crippen LogP contribution in [0.1, 0.15) is 39.6 Å². The van der Waals surface area contributed by atoms with E-state index < -0.39 is 0 Å². The molecule has 1 aromatic carbocycles. The number of hydrogen-bond acceptors (Lipinski definition) is 5. The van der Waals surface area contributed by atoms with Gasteiger partial charge in [0.1, 0.15) is 17.3 Å². The Morgan fingerprint density at radius 3 is 2.24 bits per heavy atom. The molecule has 0 atom stereocenters. The number of nitrogens with zero attached hydrogens (tertiary/aromatic N) is 3. The highest BCUT2D eigenvalue weighted by Gasteiger charge is 2.23. The van der Waals surface area contributed by atoms with Crippen LogP contribution in [0.3, 0.4) is 0 Å². The zero-order valence-corrected chi connectivity index (χ0v) is 19.9. The predicted molar refractivity (Wildman–Crippen MR) is 127 cm³/mol. The second kappa shape index (κ2) is 11.5. The van der Waals surface area contributed by atoms with Gasteiger partial charge in [-0.05, 0) is 51.7 Å². The van der Waals surface area contributed by atoms with Crippen molar-refractivity contribution in [2.45, 2.75) is 33.4 Å². The van der Waals surface area contributed by atoms with E-state index in [2.05, 4.69) is 4.90 Å². The van der Waals surface area contributed by atoms with Crippen molar-refractivity contribution >= 4 is 11.8 Å². The second-order valence-electron chi connectivity index (χ2n) is 8.49. The highest BCUT2D eigenvalue weighted by atomic mass is 16.3. The fourth-order valence-electron chi connectivity index (χ4n) is 3.66. The molecule has 0 aliphatic carbocycles. The predicted octanol–water partition coefficient (Wildman–Crippen LogP) is 4.11. The fourth-order valence-corrected chi connectivity index (χ4v) is 3.66. The van der Waals surface area contributed by atoms with E-state index in [-0.39, 0.29) is 24.8 Å². The van der Waals surface area contributed by atoms with Crippen molar-refractivity contribution in [3.05, 3.63) is 83.2 Å². The lowest BCUT2D eigenvalue weighted by Crippen LogP contribution is -2.39. The van der Waals surface area contributed by atoms with Crippen LogP contribution in [0.2, 0.25) is 0 Å². The molecule has 3 aromatic rings. The largest absolute Gasteiger partial charge is 0.467 e. The summed E-state index contributed by atoms with van der Waals surface area (Å²) >= 11 is 0. The highest BCUT2D eigenvalue weighted by Crippen LogP contribution is 2.18. The molecule has 7 heteroatoms. The van der Waals surface area contributed by atoms with Crippen LogP contribution < -0.4 is 0 Å². The first kappa shape index (κ1) is 24.3. The normalized spacial score (nSPS) is 11.1. The number of likely N-dealkylation sites (N-methyl/N-ethyl adjacent to an activating group) is 1. The van der Waals surface area contributed by atoms with Crippen molar-refractivity contribution < 1.29 is 18.4 Å². The van der Waals surface area contributed by atoms with Crippen LogP contribution in [0.5, 0.6) is 0 Å². The van der Waals surface area contributed by atoms with Gasteiger partial charge < -0.3 is 23.5 Å². The van der Waals surface area contributed by atoms with Crippen LogP contribution in [-0.4, -0.2) is 60.2 Å². The lowest BCUT2D eigenvalue weighted by Gasteiger charge is -2.27. The maximum atomic E-state index is 13.3. The quantitative estimate of drug-likeness (QED) is 0.439. The number of benzene rings is 1. The van der Waals surface area contributed by atoms with Gasteiger partial charge in [-0.25, -0.2) is 0 Å². The summed E-state index contributed by atoms with van der Waals surface area (Å²) in [4.78, 5) is 32.1. The lowest BCUT2D eigenvalue weighted by atomic mass is 10.2. The van der Waals surface area contributed by atoms with Crippen LogP contribution >= 0.6 is 0 Å². The van der Waals surface area contributed by atoms with Crippen LogP contribution in [0, 0.1) is 13.8 Å². The van der Waals surface area contributed by atoms with E-state index in [0.29, 0.717) is 42.5 Å². The van der Waals surface area contributed by atoms with E-state index in [1.807, 2.05) is 62.3 Å². The highest BCUT2D eigenvalue weighted by molar-refractivity contribution is 5.95. The Morgan fingerprint density at radius 1 is 0.879 bits per heavy atom. The third kappa shape index (κ3) is 7.08. The second-order valence-corrected chi connectivity index (χ2v) is 8.49. The van der Waals surface area contributed by atoms with E-state index in [0.717, 1.165) is 12.1 Å². The standard InChI is InChI=1S/C26H33N3O4/c1-20-17-24(21(2)33-20)26(31)29(19-23-11-8-16-32-23)13-12-25(30)28(15-14-27(3)4)18-22-9-6-5-7-10-22/h5-11,16-17H,12-15,18-19H2,1-4H3. The maximum absolute atomic E-state index is 13.3. The van der Waals surface area contributed by atoms with Gasteiger partial charge in [0.05, 0.1) is 18.4 Å². The zero-order valence-electron chi connectivity index (χ0n) is 19.9. The Kier molecular flexibility index (Phi) is 8.49. The van der Waals surface area contributed by atoms with Gasteiger partial charge >= 0.3 is 0 Å². The number of carbonyl (C=O) groups is 2. The molecule has 2 aromatic heterocycles. The number of aryl methyl sites for hydroxylation is 2. The zero-order chi connectivity index (χ0) is 23.8. The molecule has 0 unspecified atom stereocenters. The molecule has 0 bridgehead atoms. The molecular formula is C26H33N3O4. The molecule has 0 aliphatic rings. The SMILES string of the molecule is Cc1cc(C(=O)N(CCC(=O)N(CCN(C)C)Cc2ccccc2)Cc2ccco2)c(C)o1. The number of furan rings is 2. The van der Waals surface area contributed by atoms with Crippen molar-refractivity contribution in [2.24, 2.45) is 0 Å². The molecule has 0 N–H and O–H groups in total. The molecule has 0 aliphatic heterocycles. The minimum Gasteiger partial charge on any atom is -0.467 e. The molecule has 2 amide bonds. The first-order valence-electron chi connectivity index (χ1n) is 11.2. The van der Waals surface area contributed by atoms with Gasteiger partial charge in [-0.2, -0.15) is 0 Å². The van der Waals surface area contributed by atoms with Gasteiger partial charge in [-0.15, -0.1) is 0 Å². The Morgan fingerprint density at radius 2 is 1.64 bits per heavy atom. The third-order valence-electron chi connectivity index (χ3n) is 5.47. The molecule has 0 spiro atoms. The Labute approximate surface area is 195 Å². The Bertz CT molecular complexity index is 1030. The minimum atomic E-state index is -0.170. The first-order chi connectivity index (χ1) is 15.8. The maximum Gasteiger partial charge on any atom is 0.257 e. The molecule has 0 fully saturated rings. The van der Waals surface area contributed by atoms with Crippen LogP contribution in [0.25, 0.3) is 0 Å². The molecule has 2 heterocycles. The van der Waals surface area contributed by atoms with Crippen LogP contribution in [-0.2, 0) is 17.9 Å². The Balaban J connectivity index is 1.72. The average Bonchev–Trinajstić information content (AvgIpc) is 3.42. The van der Waals surface area contributed by atoms with E-state index in [9.17, 15) is 9.59 Å². The molecule has 33 heavy (non-hydrogen) atoms. The number of rotatable bonds is 11. The number of amides is 2. The monoisotopic (exact) mass is 451 g/mol. The van der Waals surface area contributed by atoms with Gasteiger partial charge in [0.15, 0.2) is 0 Å². The molecule has 0 saturated carbocycles. The minimum absolute atomic E-state index is 0.0121. The summed E-state index contributed by atoms with van der Waals surface area (Å²) in [7, 11) is 3.98. The fraction of sp³-hybridized carbons (Fsp3) is 0.385. The van der Waals surface area contributed by atoms with Crippen molar-refractivity contribution in [2.75, 3.05) is 33.7 Å². The van der Waals surface area contributed by atoms with Crippen molar-refractivity contribution in [1.29, 1.82) is 0 Å². The van der Waals surface area contributed by atoms with E-state index in [1.54, 1.807) is 30.2 Å². The van der Waals surface area contributed by atoms with Crippen molar-refractivity contribution in [3.8, 4) is 0 Å². The number of hydrogen-bond donors (Lipinski definition) is 0. The first-order valence-corrected chi connectivity index (χ1v) is 11.2. The van der Waals surface area contributed by atoms with Crippen LogP contribution in [0.15, 0.2) is 63.6 Å². The number of carbonyl (C=O) groups excluding carboxylic acids is 2. The smallest absolute Gasteiger partial charge is 0.257 e. The van der Waals surface area contributed by atoms with E-state index >= 15 is 0 Å². The summed E-state index contributed by atoms with van der Waals surface area (Å²) in [6.45, 7) is 6.10. The summed E-state index contributed by atoms with van der Waals surface area (Å²) in [5.74, 6) is 1.77.